The Labute approximate surface area is 181 Å². The van der Waals surface area contributed by atoms with E-state index in [4.69, 9.17) is 14.2 Å². The molecule has 2 aromatic rings. The van der Waals surface area contributed by atoms with Crippen LogP contribution in [0.5, 0.6) is 11.5 Å². The molecule has 4 rings (SSSR count). The lowest BCUT2D eigenvalue weighted by Crippen LogP contribution is -2.38. The number of carbonyl (C=O) groups is 4. The molecule has 10 nitrogen and oxygen atoms in total. The average Bonchev–Trinajstić information content (AvgIpc) is 2.76. The summed E-state index contributed by atoms with van der Waals surface area (Å²) < 4.78 is 29.2. The first-order chi connectivity index (χ1) is 15.4. The van der Waals surface area contributed by atoms with Crippen LogP contribution in [0.25, 0.3) is 0 Å². The second kappa shape index (κ2) is 8.92. The molecule has 0 bridgehead atoms. The van der Waals surface area contributed by atoms with Crippen molar-refractivity contribution in [1.82, 2.24) is 5.32 Å². The Bertz CT molecular complexity index is 1100. The van der Waals surface area contributed by atoms with E-state index in [1.165, 1.54) is 6.07 Å². The minimum absolute atomic E-state index is 0.173. The highest BCUT2D eigenvalue weighted by Crippen LogP contribution is 2.34. The fourth-order valence-electron chi connectivity index (χ4n) is 3.33. The molecule has 2 aromatic carbocycles. The zero-order valence-corrected chi connectivity index (χ0v) is 16.6. The van der Waals surface area contributed by atoms with Crippen LogP contribution in [0.3, 0.4) is 0 Å². The van der Waals surface area contributed by atoms with Gasteiger partial charge in [-0.25, -0.2) is 9.18 Å². The van der Waals surface area contributed by atoms with Gasteiger partial charge in [-0.1, -0.05) is 6.07 Å². The van der Waals surface area contributed by atoms with Gasteiger partial charge in [-0.3, -0.25) is 19.7 Å². The first-order valence-electron chi connectivity index (χ1n) is 9.65. The van der Waals surface area contributed by atoms with E-state index >= 15 is 0 Å². The number of rotatable bonds is 4. The van der Waals surface area contributed by atoms with E-state index in [0.29, 0.717) is 36.0 Å². The topological polar surface area (TPSA) is 132 Å². The molecule has 0 aliphatic carbocycles. The monoisotopic (exact) mass is 443 g/mol. The van der Waals surface area contributed by atoms with E-state index in [1.807, 2.05) is 5.32 Å². The van der Waals surface area contributed by atoms with Gasteiger partial charge in [0.05, 0.1) is 5.92 Å². The Morgan fingerprint density at radius 3 is 2.69 bits per heavy atom. The van der Waals surface area contributed by atoms with Gasteiger partial charge in [0.1, 0.15) is 19.0 Å². The predicted octanol–water partition coefficient (Wildman–Crippen LogP) is 1.91. The summed E-state index contributed by atoms with van der Waals surface area (Å²) in [7, 11) is 0. The van der Waals surface area contributed by atoms with Crippen LogP contribution >= 0.6 is 0 Å². The van der Waals surface area contributed by atoms with Crippen molar-refractivity contribution < 1.29 is 37.8 Å². The lowest BCUT2D eigenvalue weighted by Gasteiger charge is -2.24. The zero-order chi connectivity index (χ0) is 22.7. The van der Waals surface area contributed by atoms with Crippen LogP contribution in [0.15, 0.2) is 36.4 Å². The molecule has 2 aliphatic rings. The highest BCUT2D eigenvalue weighted by atomic mass is 19.1. The summed E-state index contributed by atoms with van der Waals surface area (Å²) in [4.78, 5) is 48.2. The number of esters is 1. The molecule has 0 saturated carbocycles. The van der Waals surface area contributed by atoms with Gasteiger partial charge >= 0.3 is 12.0 Å². The standard InChI is InChI=1S/C21H18FN3O7/c22-11-1-3-13-14(9-18(26)24-15(13)7-11)20(28)32-10-19(27)25-21(29)23-12-2-4-16-17(8-12)31-6-5-30-16/h1-4,7-8,14H,5-6,9-10H2,(H,24,26)(H2,23,25,27,29). The molecular formula is C21H18FN3O7. The fourth-order valence-corrected chi connectivity index (χ4v) is 3.33. The highest BCUT2D eigenvalue weighted by Gasteiger charge is 2.32. The molecule has 32 heavy (non-hydrogen) atoms. The number of anilines is 2. The van der Waals surface area contributed by atoms with E-state index in [2.05, 4.69) is 10.6 Å². The van der Waals surface area contributed by atoms with Crippen molar-refractivity contribution in [1.29, 1.82) is 0 Å². The largest absolute Gasteiger partial charge is 0.486 e. The van der Waals surface area contributed by atoms with Crippen molar-refractivity contribution in [2.24, 2.45) is 0 Å². The number of hydrogen-bond donors (Lipinski definition) is 3. The summed E-state index contributed by atoms with van der Waals surface area (Å²) in [6, 6.07) is 7.54. The minimum Gasteiger partial charge on any atom is -0.486 e. The second-order valence-corrected chi connectivity index (χ2v) is 7.00. The Morgan fingerprint density at radius 2 is 1.88 bits per heavy atom. The second-order valence-electron chi connectivity index (χ2n) is 7.00. The van der Waals surface area contributed by atoms with Gasteiger partial charge < -0.3 is 24.8 Å². The molecular weight excluding hydrogens is 425 g/mol. The number of amides is 4. The molecule has 11 heteroatoms. The Kier molecular flexibility index (Phi) is 5.88. The number of hydrogen-bond acceptors (Lipinski definition) is 7. The number of carbonyl (C=O) groups excluding carboxylic acids is 4. The van der Waals surface area contributed by atoms with Gasteiger partial charge in [0.25, 0.3) is 5.91 Å². The summed E-state index contributed by atoms with van der Waals surface area (Å²) in [5.74, 6) is -2.73. The number of urea groups is 1. The summed E-state index contributed by atoms with van der Waals surface area (Å²) in [5, 5.41) is 6.98. The first kappa shape index (κ1) is 21.1. The summed E-state index contributed by atoms with van der Waals surface area (Å²) in [6.45, 7) is 0.0814. The van der Waals surface area contributed by atoms with Crippen LogP contribution in [0.4, 0.5) is 20.6 Å². The summed E-state index contributed by atoms with van der Waals surface area (Å²) >= 11 is 0. The maximum absolute atomic E-state index is 13.4. The molecule has 2 heterocycles. The van der Waals surface area contributed by atoms with E-state index < -0.39 is 42.2 Å². The van der Waals surface area contributed by atoms with Crippen molar-refractivity contribution in [3.8, 4) is 11.5 Å². The quantitative estimate of drug-likeness (QED) is 0.615. The van der Waals surface area contributed by atoms with Crippen molar-refractivity contribution in [2.45, 2.75) is 12.3 Å². The number of fused-ring (bicyclic) bond motifs is 2. The first-order valence-corrected chi connectivity index (χ1v) is 9.65. The third-order valence-corrected chi connectivity index (χ3v) is 4.74. The maximum Gasteiger partial charge on any atom is 0.325 e. The van der Waals surface area contributed by atoms with Crippen molar-refractivity contribution >= 4 is 35.2 Å². The van der Waals surface area contributed by atoms with Crippen LogP contribution in [-0.4, -0.2) is 43.6 Å². The highest BCUT2D eigenvalue weighted by molar-refractivity contribution is 6.03. The predicted molar refractivity (Wildman–Crippen MR) is 108 cm³/mol. The summed E-state index contributed by atoms with van der Waals surface area (Å²) in [5.41, 5.74) is 0.924. The number of halogens is 1. The van der Waals surface area contributed by atoms with Crippen molar-refractivity contribution in [2.75, 3.05) is 30.5 Å². The number of imide groups is 1. The van der Waals surface area contributed by atoms with Gasteiger partial charge in [0.2, 0.25) is 5.91 Å². The third-order valence-electron chi connectivity index (χ3n) is 4.74. The molecule has 0 saturated heterocycles. The van der Waals surface area contributed by atoms with Crippen LogP contribution in [0.2, 0.25) is 0 Å². The van der Waals surface area contributed by atoms with Gasteiger partial charge in [0, 0.05) is 23.9 Å². The normalized spacial score (nSPS) is 16.3. The van der Waals surface area contributed by atoms with Crippen LogP contribution < -0.4 is 25.4 Å². The Morgan fingerprint density at radius 1 is 1.09 bits per heavy atom. The Balaban J connectivity index is 1.30. The van der Waals surface area contributed by atoms with Crippen molar-refractivity contribution in [3.05, 3.63) is 47.8 Å². The molecule has 0 radical (unpaired) electrons. The van der Waals surface area contributed by atoms with E-state index in [-0.39, 0.29) is 12.1 Å². The Hall–Kier alpha value is -4.15. The van der Waals surface area contributed by atoms with Gasteiger partial charge in [-0.05, 0) is 29.8 Å². The molecule has 3 N–H and O–H groups in total. The van der Waals surface area contributed by atoms with Crippen LogP contribution in [0, 0.1) is 5.82 Å². The van der Waals surface area contributed by atoms with Crippen LogP contribution in [-0.2, 0) is 19.1 Å². The van der Waals surface area contributed by atoms with Gasteiger partial charge in [-0.15, -0.1) is 0 Å². The smallest absolute Gasteiger partial charge is 0.325 e. The average molecular weight is 443 g/mol. The molecule has 0 fully saturated rings. The molecule has 2 aliphatic heterocycles. The summed E-state index contributed by atoms with van der Waals surface area (Å²) in [6.07, 6.45) is -0.205. The van der Waals surface area contributed by atoms with Crippen molar-refractivity contribution in [3.63, 3.8) is 0 Å². The molecule has 0 aromatic heterocycles. The lowest BCUT2D eigenvalue weighted by atomic mass is 9.90. The maximum atomic E-state index is 13.4. The lowest BCUT2D eigenvalue weighted by molar-refractivity contribution is -0.150. The molecule has 0 spiro atoms. The van der Waals surface area contributed by atoms with E-state index in [9.17, 15) is 23.6 Å². The van der Waals surface area contributed by atoms with Gasteiger partial charge in [-0.2, -0.15) is 0 Å². The number of nitrogens with one attached hydrogen (secondary N) is 3. The zero-order valence-electron chi connectivity index (χ0n) is 16.6. The van der Waals surface area contributed by atoms with E-state index in [1.54, 1.807) is 18.2 Å². The SMILES string of the molecule is O=C(COC(=O)C1CC(=O)Nc2cc(F)ccc21)NC(=O)Nc1ccc2c(c1)OCCO2. The number of ether oxygens (including phenoxy) is 3. The molecule has 166 valence electrons. The molecule has 1 atom stereocenters. The molecule has 1 unspecified atom stereocenters. The van der Waals surface area contributed by atoms with Crippen LogP contribution in [0.1, 0.15) is 17.9 Å². The van der Waals surface area contributed by atoms with Gasteiger partial charge in [0.15, 0.2) is 18.1 Å². The minimum atomic E-state index is -0.987. The third kappa shape index (κ3) is 4.77. The fraction of sp³-hybridized carbons (Fsp3) is 0.238. The van der Waals surface area contributed by atoms with E-state index in [0.717, 1.165) is 12.1 Å². The number of benzene rings is 2. The molecule has 4 amide bonds.